The molecule has 0 bridgehead atoms. The SMILES string of the molecule is CN=C(NCCCCN1CCN(c2ccccc2)CC1)NC(C)C(C)C.I. The maximum atomic E-state index is 4.31. The Morgan fingerprint density at radius 2 is 1.70 bits per heavy atom. The van der Waals surface area contributed by atoms with Crippen molar-refractivity contribution in [3.63, 3.8) is 0 Å². The van der Waals surface area contributed by atoms with E-state index in [-0.39, 0.29) is 24.0 Å². The van der Waals surface area contributed by atoms with Crippen molar-refractivity contribution in [1.29, 1.82) is 0 Å². The third kappa shape index (κ3) is 8.68. The van der Waals surface area contributed by atoms with Crippen LogP contribution in [0.4, 0.5) is 5.69 Å². The average molecular weight is 487 g/mol. The van der Waals surface area contributed by atoms with Gasteiger partial charge in [-0.3, -0.25) is 9.89 Å². The van der Waals surface area contributed by atoms with Gasteiger partial charge in [0.15, 0.2) is 5.96 Å². The lowest BCUT2D eigenvalue weighted by Crippen LogP contribution is -2.47. The van der Waals surface area contributed by atoms with E-state index in [0.717, 1.165) is 38.7 Å². The number of halogens is 1. The van der Waals surface area contributed by atoms with E-state index >= 15 is 0 Å². The number of hydrogen-bond acceptors (Lipinski definition) is 3. The van der Waals surface area contributed by atoms with Gasteiger partial charge in [-0.1, -0.05) is 32.0 Å². The fraction of sp³-hybridized carbons (Fsp3) is 0.667. The highest BCUT2D eigenvalue weighted by Crippen LogP contribution is 2.15. The summed E-state index contributed by atoms with van der Waals surface area (Å²) in [5.41, 5.74) is 1.35. The molecule has 1 fully saturated rings. The van der Waals surface area contributed by atoms with Crippen LogP contribution in [0.3, 0.4) is 0 Å². The van der Waals surface area contributed by atoms with Gasteiger partial charge in [0, 0.05) is 51.5 Å². The molecule has 0 aliphatic carbocycles. The first-order chi connectivity index (χ1) is 12.6. The zero-order chi connectivity index (χ0) is 18.8. The third-order valence-corrected chi connectivity index (χ3v) is 5.28. The molecule has 2 N–H and O–H groups in total. The number of anilines is 1. The fourth-order valence-corrected chi connectivity index (χ4v) is 3.11. The minimum absolute atomic E-state index is 0. The Kier molecular flexibility index (Phi) is 11.7. The Labute approximate surface area is 183 Å². The third-order valence-electron chi connectivity index (χ3n) is 5.28. The molecule has 0 spiro atoms. The largest absolute Gasteiger partial charge is 0.369 e. The van der Waals surface area contributed by atoms with Crippen molar-refractivity contribution >= 4 is 35.6 Å². The first-order valence-corrected chi connectivity index (χ1v) is 10.1. The highest BCUT2D eigenvalue weighted by atomic mass is 127. The van der Waals surface area contributed by atoms with Crippen LogP contribution in [-0.4, -0.2) is 63.2 Å². The lowest BCUT2D eigenvalue weighted by Gasteiger charge is -2.36. The van der Waals surface area contributed by atoms with Gasteiger partial charge in [-0.2, -0.15) is 0 Å². The number of rotatable bonds is 8. The monoisotopic (exact) mass is 487 g/mol. The van der Waals surface area contributed by atoms with E-state index in [1.807, 2.05) is 7.05 Å². The topological polar surface area (TPSA) is 42.9 Å². The summed E-state index contributed by atoms with van der Waals surface area (Å²) in [4.78, 5) is 9.39. The molecule has 1 aliphatic heterocycles. The van der Waals surface area contributed by atoms with Crippen LogP contribution in [0.2, 0.25) is 0 Å². The van der Waals surface area contributed by atoms with Gasteiger partial charge < -0.3 is 15.5 Å². The highest BCUT2D eigenvalue weighted by Gasteiger charge is 2.16. The number of guanidine groups is 1. The molecule has 0 saturated carbocycles. The van der Waals surface area contributed by atoms with Crippen LogP contribution in [0.1, 0.15) is 33.6 Å². The van der Waals surface area contributed by atoms with Gasteiger partial charge in [0.05, 0.1) is 0 Å². The van der Waals surface area contributed by atoms with Crippen LogP contribution in [0.15, 0.2) is 35.3 Å². The molecular formula is C21H38IN5. The van der Waals surface area contributed by atoms with Crippen molar-refractivity contribution in [2.24, 2.45) is 10.9 Å². The zero-order valence-corrected chi connectivity index (χ0v) is 19.8. The van der Waals surface area contributed by atoms with E-state index in [1.54, 1.807) is 0 Å². The second-order valence-corrected chi connectivity index (χ2v) is 7.55. The van der Waals surface area contributed by atoms with Crippen molar-refractivity contribution in [1.82, 2.24) is 15.5 Å². The van der Waals surface area contributed by atoms with Gasteiger partial charge in [-0.25, -0.2) is 0 Å². The Hall–Kier alpha value is -1.02. The van der Waals surface area contributed by atoms with Gasteiger partial charge in [0.2, 0.25) is 0 Å². The van der Waals surface area contributed by atoms with E-state index in [9.17, 15) is 0 Å². The molecule has 0 aromatic heterocycles. The predicted octanol–water partition coefficient (Wildman–Crippen LogP) is 3.42. The number of nitrogens with zero attached hydrogens (tertiary/aromatic N) is 3. The summed E-state index contributed by atoms with van der Waals surface area (Å²) >= 11 is 0. The number of aliphatic imine (C=N–C) groups is 1. The molecule has 27 heavy (non-hydrogen) atoms. The minimum Gasteiger partial charge on any atom is -0.369 e. The normalized spacial score (nSPS) is 16.8. The summed E-state index contributed by atoms with van der Waals surface area (Å²) < 4.78 is 0. The van der Waals surface area contributed by atoms with Gasteiger partial charge in [0.25, 0.3) is 0 Å². The first-order valence-electron chi connectivity index (χ1n) is 10.1. The molecule has 1 aromatic carbocycles. The van der Waals surface area contributed by atoms with Crippen molar-refractivity contribution in [3.05, 3.63) is 30.3 Å². The molecule has 1 saturated heterocycles. The molecule has 1 heterocycles. The number of para-hydroxylation sites is 1. The van der Waals surface area contributed by atoms with E-state index < -0.39 is 0 Å². The molecule has 2 rings (SSSR count). The second kappa shape index (κ2) is 13.2. The van der Waals surface area contributed by atoms with Gasteiger partial charge in [0.1, 0.15) is 0 Å². The number of piperazine rings is 1. The van der Waals surface area contributed by atoms with Crippen LogP contribution >= 0.6 is 24.0 Å². The van der Waals surface area contributed by atoms with E-state index in [2.05, 4.69) is 76.5 Å². The second-order valence-electron chi connectivity index (χ2n) is 7.55. The van der Waals surface area contributed by atoms with Crippen molar-refractivity contribution in [2.45, 2.75) is 39.7 Å². The highest BCUT2D eigenvalue weighted by molar-refractivity contribution is 14.0. The Balaban J connectivity index is 0.00000364. The number of hydrogen-bond donors (Lipinski definition) is 2. The fourth-order valence-electron chi connectivity index (χ4n) is 3.11. The lowest BCUT2D eigenvalue weighted by atomic mass is 10.1. The number of unbranched alkanes of at least 4 members (excludes halogenated alkanes) is 1. The van der Waals surface area contributed by atoms with Crippen molar-refractivity contribution in [2.75, 3.05) is 51.2 Å². The molecule has 1 unspecified atom stereocenters. The Bertz CT molecular complexity index is 527. The van der Waals surface area contributed by atoms with E-state index in [4.69, 9.17) is 0 Å². The maximum Gasteiger partial charge on any atom is 0.191 e. The van der Waals surface area contributed by atoms with Crippen molar-refractivity contribution in [3.8, 4) is 0 Å². The zero-order valence-electron chi connectivity index (χ0n) is 17.4. The molecule has 1 aliphatic rings. The smallest absolute Gasteiger partial charge is 0.191 e. The molecule has 0 radical (unpaired) electrons. The quantitative estimate of drug-likeness (QED) is 0.255. The summed E-state index contributed by atoms with van der Waals surface area (Å²) in [6.45, 7) is 13.4. The van der Waals surface area contributed by atoms with Crippen LogP contribution in [0, 0.1) is 5.92 Å². The van der Waals surface area contributed by atoms with Gasteiger partial charge in [-0.15, -0.1) is 24.0 Å². The maximum absolute atomic E-state index is 4.31. The van der Waals surface area contributed by atoms with Gasteiger partial charge >= 0.3 is 0 Å². The van der Waals surface area contributed by atoms with Gasteiger partial charge in [-0.05, 0) is 44.4 Å². The molecule has 1 aromatic rings. The summed E-state index contributed by atoms with van der Waals surface area (Å²) in [5.74, 6) is 1.52. The van der Waals surface area contributed by atoms with Crippen LogP contribution < -0.4 is 15.5 Å². The standard InChI is InChI=1S/C21H37N5.HI/c1-18(2)19(3)24-21(22-4)23-12-8-9-13-25-14-16-26(17-15-25)20-10-6-5-7-11-20;/h5-7,10-11,18-19H,8-9,12-17H2,1-4H3,(H2,22,23,24);1H. The van der Waals surface area contributed by atoms with Crippen LogP contribution in [0.25, 0.3) is 0 Å². The summed E-state index contributed by atoms with van der Waals surface area (Å²) in [7, 11) is 1.84. The summed E-state index contributed by atoms with van der Waals surface area (Å²) in [6.07, 6.45) is 2.41. The van der Waals surface area contributed by atoms with Crippen LogP contribution in [-0.2, 0) is 0 Å². The number of benzene rings is 1. The number of nitrogens with one attached hydrogen (secondary N) is 2. The van der Waals surface area contributed by atoms with Crippen molar-refractivity contribution < 1.29 is 0 Å². The Morgan fingerprint density at radius 3 is 2.30 bits per heavy atom. The first kappa shape index (κ1) is 24.0. The minimum atomic E-state index is 0. The van der Waals surface area contributed by atoms with E-state index in [1.165, 1.54) is 25.1 Å². The molecule has 5 nitrogen and oxygen atoms in total. The molecule has 0 amide bonds. The average Bonchev–Trinajstić information content (AvgIpc) is 2.67. The molecule has 1 atom stereocenters. The molecule has 154 valence electrons. The molecular weight excluding hydrogens is 449 g/mol. The van der Waals surface area contributed by atoms with E-state index in [0.29, 0.717) is 12.0 Å². The lowest BCUT2D eigenvalue weighted by molar-refractivity contribution is 0.253. The predicted molar refractivity (Wildman–Crippen MR) is 129 cm³/mol. The Morgan fingerprint density at radius 1 is 1.04 bits per heavy atom. The molecule has 6 heteroatoms. The summed E-state index contributed by atoms with van der Waals surface area (Å²) in [6, 6.07) is 11.2. The summed E-state index contributed by atoms with van der Waals surface area (Å²) in [5, 5.41) is 6.88. The van der Waals surface area contributed by atoms with Crippen LogP contribution in [0.5, 0.6) is 0 Å².